The Morgan fingerprint density at radius 1 is 1.27 bits per heavy atom. The van der Waals surface area contributed by atoms with Crippen LogP contribution in [0.5, 0.6) is 11.5 Å². The molecule has 2 rings (SSSR count). The van der Waals surface area contributed by atoms with Crippen molar-refractivity contribution in [1.29, 1.82) is 5.41 Å². The first-order valence-electron chi connectivity index (χ1n) is 5.95. The molecule has 1 N–H and O–H groups in total. The van der Waals surface area contributed by atoms with E-state index in [1.807, 2.05) is 0 Å². The van der Waals surface area contributed by atoms with E-state index in [0.717, 1.165) is 12.1 Å². The van der Waals surface area contributed by atoms with E-state index in [9.17, 15) is 13.2 Å². The third-order valence-corrected chi connectivity index (χ3v) is 2.88. The van der Waals surface area contributed by atoms with E-state index in [0.29, 0.717) is 0 Å². The van der Waals surface area contributed by atoms with Crippen molar-refractivity contribution in [1.82, 2.24) is 4.98 Å². The Labute approximate surface area is 129 Å². The van der Waals surface area contributed by atoms with Gasteiger partial charge in [0.15, 0.2) is 5.75 Å². The van der Waals surface area contributed by atoms with Gasteiger partial charge in [0.25, 0.3) is 0 Å². The highest BCUT2D eigenvalue weighted by Gasteiger charge is 2.30. The lowest BCUT2D eigenvalue weighted by Gasteiger charge is -2.13. The van der Waals surface area contributed by atoms with Crippen molar-refractivity contribution >= 4 is 17.5 Å². The first-order chi connectivity index (χ1) is 10.3. The first-order valence-corrected chi connectivity index (χ1v) is 6.32. The molecule has 2 aromatic rings. The number of benzene rings is 1. The van der Waals surface area contributed by atoms with Gasteiger partial charge in [0, 0.05) is 0 Å². The Kier molecular flexibility index (Phi) is 4.56. The molecule has 8 heteroatoms. The molecule has 0 fully saturated rings. The fourth-order valence-electron chi connectivity index (χ4n) is 1.65. The van der Waals surface area contributed by atoms with Gasteiger partial charge in [-0.3, -0.25) is 5.41 Å². The summed E-state index contributed by atoms with van der Waals surface area (Å²) < 4.78 is 48.2. The molecule has 0 bridgehead atoms. The largest absolute Gasteiger partial charge is 0.481 e. The van der Waals surface area contributed by atoms with Gasteiger partial charge < -0.3 is 9.47 Å². The van der Waals surface area contributed by atoms with Crippen molar-refractivity contribution in [3.63, 3.8) is 0 Å². The van der Waals surface area contributed by atoms with Crippen LogP contribution in [0.15, 0.2) is 36.5 Å². The van der Waals surface area contributed by atoms with Crippen molar-refractivity contribution in [3.8, 4) is 11.5 Å². The van der Waals surface area contributed by atoms with Crippen LogP contribution in [0.4, 0.5) is 13.2 Å². The minimum absolute atomic E-state index is 0.0379. The summed E-state index contributed by atoms with van der Waals surface area (Å²) in [7, 11) is 1.28. The van der Waals surface area contributed by atoms with Crippen molar-refractivity contribution in [2.24, 2.45) is 0 Å². The van der Waals surface area contributed by atoms with E-state index in [1.165, 1.54) is 31.5 Å². The summed E-state index contributed by atoms with van der Waals surface area (Å²) in [5.41, 5.74) is -0.657. The lowest BCUT2D eigenvalue weighted by Crippen LogP contribution is -2.06. The molecule has 0 amide bonds. The lowest BCUT2D eigenvalue weighted by atomic mass is 10.2. The molecular formula is C14H10ClF3N2O2. The maximum atomic E-state index is 12.7. The molecule has 0 spiro atoms. The molecule has 0 aliphatic rings. The molecular weight excluding hydrogens is 321 g/mol. The van der Waals surface area contributed by atoms with Gasteiger partial charge >= 0.3 is 6.18 Å². The summed E-state index contributed by atoms with van der Waals surface area (Å²) >= 11 is 5.74. The van der Waals surface area contributed by atoms with Gasteiger partial charge in [-0.05, 0) is 24.3 Å². The molecule has 1 aromatic heterocycles. The van der Waals surface area contributed by atoms with Crippen LogP contribution in [-0.2, 0) is 10.9 Å². The highest BCUT2D eigenvalue weighted by atomic mass is 35.5. The summed E-state index contributed by atoms with van der Waals surface area (Å²) in [6.07, 6.45) is -3.26. The Balaban J connectivity index is 2.37. The quantitative estimate of drug-likeness (QED) is 0.511. The van der Waals surface area contributed by atoms with Gasteiger partial charge in [-0.1, -0.05) is 17.7 Å². The molecule has 0 atom stereocenters. The van der Waals surface area contributed by atoms with Gasteiger partial charge in [-0.15, -0.1) is 0 Å². The second kappa shape index (κ2) is 6.23. The number of aromatic nitrogens is 1. The summed E-state index contributed by atoms with van der Waals surface area (Å²) in [5.74, 6) is -0.217. The van der Waals surface area contributed by atoms with Crippen molar-refractivity contribution in [3.05, 3.63) is 52.8 Å². The lowest BCUT2D eigenvalue weighted by molar-refractivity contribution is -0.137. The standard InChI is InChI=1S/C14H10ClF3N2O2/c1-21-13(19)10-6-12(15)20-7-11(10)22-9-4-2-3-8(5-9)14(16,17)18/h2-7,19H,1H3. The van der Waals surface area contributed by atoms with Crippen LogP contribution in [0.2, 0.25) is 5.15 Å². The third kappa shape index (κ3) is 3.67. The zero-order chi connectivity index (χ0) is 16.3. The van der Waals surface area contributed by atoms with Gasteiger partial charge in [0.1, 0.15) is 10.9 Å². The minimum atomic E-state index is -4.47. The molecule has 0 unspecified atom stereocenters. The van der Waals surface area contributed by atoms with Gasteiger partial charge in [0.05, 0.1) is 24.4 Å². The average molecular weight is 331 g/mol. The van der Waals surface area contributed by atoms with Crippen LogP contribution in [0.1, 0.15) is 11.1 Å². The summed E-state index contributed by atoms with van der Waals surface area (Å²) in [6.45, 7) is 0. The van der Waals surface area contributed by atoms with Crippen LogP contribution in [0.25, 0.3) is 0 Å². The number of hydrogen-bond acceptors (Lipinski definition) is 4. The summed E-state index contributed by atoms with van der Waals surface area (Å²) in [5, 5.41) is 7.76. The van der Waals surface area contributed by atoms with Crippen LogP contribution in [0.3, 0.4) is 0 Å². The monoisotopic (exact) mass is 330 g/mol. The molecule has 4 nitrogen and oxygen atoms in total. The van der Waals surface area contributed by atoms with Crippen molar-refractivity contribution < 1.29 is 22.6 Å². The number of alkyl halides is 3. The highest BCUT2D eigenvalue weighted by molar-refractivity contribution is 6.29. The smallest absolute Gasteiger partial charge is 0.416 e. The van der Waals surface area contributed by atoms with E-state index >= 15 is 0 Å². The Morgan fingerprint density at radius 3 is 2.64 bits per heavy atom. The number of rotatable bonds is 3. The van der Waals surface area contributed by atoms with Gasteiger partial charge in [0.2, 0.25) is 5.90 Å². The Hall–Kier alpha value is -2.28. The van der Waals surface area contributed by atoms with Crippen molar-refractivity contribution in [2.75, 3.05) is 7.11 Å². The van der Waals surface area contributed by atoms with E-state index in [-0.39, 0.29) is 28.1 Å². The van der Waals surface area contributed by atoms with Crippen LogP contribution in [-0.4, -0.2) is 18.0 Å². The molecule has 1 aromatic carbocycles. The van der Waals surface area contributed by atoms with Crippen LogP contribution in [0, 0.1) is 5.41 Å². The van der Waals surface area contributed by atoms with E-state index in [1.54, 1.807) is 0 Å². The normalized spacial score (nSPS) is 11.1. The molecule has 22 heavy (non-hydrogen) atoms. The molecule has 1 heterocycles. The molecule has 0 aliphatic carbocycles. The topological polar surface area (TPSA) is 55.2 Å². The number of nitrogens with zero attached hydrogens (tertiary/aromatic N) is 1. The molecule has 0 saturated carbocycles. The number of methoxy groups -OCH3 is 1. The number of hydrogen-bond donors (Lipinski definition) is 1. The van der Waals surface area contributed by atoms with E-state index < -0.39 is 11.7 Å². The SMILES string of the molecule is COC(=N)c1cc(Cl)ncc1Oc1cccc(C(F)(F)F)c1. The first kappa shape index (κ1) is 16.1. The molecule has 0 radical (unpaired) electrons. The Morgan fingerprint density at radius 2 is 2.00 bits per heavy atom. The number of halogens is 4. The molecule has 116 valence electrons. The molecule has 0 saturated heterocycles. The molecule has 0 aliphatic heterocycles. The number of ether oxygens (including phenoxy) is 2. The van der Waals surface area contributed by atoms with Crippen LogP contribution >= 0.6 is 11.6 Å². The number of nitrogens with one attached hydrogen (secondary N) is 1. The summed E-state index contributed by atoms with van der Waals surface area (Å²) in [4.78, 5) is 3.79. The zero-order valence-corrected chi connectivity index (χ0v) is 12.0. The van der Waals surface area contributed by atoms with Crippen LogP contribution < -0.4 is 4.74 Å². The predicted octanol–water partition coefficient (Wildman–Crippen LogP) is 4.52. The fraction of sp³-hybridized carbons (Fsp3) is 0.143. The second-order valence-corrected chi connectivity index (χ2v) is 4.55. The van der Waals surface area contributed by atoms with E-state index in [4.69, 9.17) is 26.5 Å². The predicted molar refractivity (Wildman–Crippen MR) is 74.6 cm³/mol. The maximum Gasteiger partial charge on any atom is 0.416 e. The maximum absolute atomic E-state index is 12.7. The van der Waals surface area contributed by atoms with E-state index in [2.05, 4.69) is 4.98 Å². The fourth-order valence-corrected chi connectivity index (χ4v) is 1.81. The zero-order valence-electron chi connectivity index (χ0n) is 11.2. The highest BCUT2D eigenvalue weighted by Crippen LogP contribution is 2.33. The van der Waals surface area contributed by atoms with Gasteiger partial charge in [-0.25, -0.2) is 4.98 Å². The third-order valence-electron chi connectivity index (χ3n) is 2.67. The number of pyridine rings is 1. The summed E-state index contributed by atoms with van der Waals surface area (Å²) in [6, 6.07) is 5.71. The average Bonchev–Trinajstić information content (AvgIpc) is 2.47. The van der Waals surface area contributed by atoms with Crippen molar-refractivity contribution in [2.45, 2.75) is 6.18 Å². The second-order valence-electron chi connectivity index (χ2n) is 4.16. The Bertz CT molecular complexity index is 705. The minimum Gasteiger partial charge on any atom is -0.481 e. The van der Waals surface area contributed by atoms with Gasteiger partial charge in [-0.2, -0.15) is 13.2 Å².